The van der Waals surface area contributed by atoms with E-state index in [4.69, 9.17) is 12.2 Å². The Kier molecular flexibility index (Phi) is 6.96. The molecule has 150 valence electrons. The van der Waals surface area contributed by atoms with Gasteiger partial charge in [0.25, 0.3) is 0 Å². The molecule has 2 N–H and O–H groups in total. The number of anilines is 1. The second-order valence-corrected chi connectivity index (χ2v) is 9.80. The highest BCUT2D eigenvalue weighted by atomic mass is 32.2. The topological polar surface area (TPSA) is 58.2 Å². The molecule has 2 aromatic carbocycles. The third kappa shape index (κ3) is 7.05. The summed E-state index contributed by atoms with van der Waals surface area (Å²) in [7, 11) is -3.52. The zero-order valence-corrected chi connectivity index (χ0v) is 18.0. The van der Waals surface area contributed by atoms with Crippen molar-refractivity contribution in [2.45, 2.75) is 32.7 Å². The number of thiocarbonyl (C=S) groups is 1. The number of rotatable bonds is 6. The molecule has 0 spiro atoms. The lowest BCUT2D eigenvalue weighted by Crippen LogP contribution is -2.18. The minimum Gasteiger partial charge on any atom is -0.372 e. The van der Waals surface area contributed by atoms with Crippen LogP contribution in [0.3, 0.4) is 0 Å². The van der Waals surface area contributed by atoms with Crippen LogP contribution in [-0.4, -0.2) is 19.7 Å². The Morgan fingerprint density at radius 2 is 1.79 bits per heavy atom. The standard InChI is InChI=1S/C21H25FN2O2S2/c1-21(2,3)17-9-5-15(6-10-17)8-12-20(27)23-14-16-7-11-19(18(22)13-16)24-28(4,25)26/h5-13,24H,14H2,1-4H3,(H,23,27). The molecule has 0 aromatic heterocycles. The molecule has 0 atom stereocenters. The molecule has 0 unspecified atom stereocenters. The van der Waals surface area contributed by atoms with E-state index < -0.39 is 15.8 Å². The highest BCUT2D eigenvalue weighted by Gasteiger charge is 2.12. The van der Waals surface area contributed by atoms with Crippen LogP contribution < -0.4 is 10.0 Å². The zero-order valence-electron chi connectivity index (χ0n) is 16.4. The highest BCUT2D eigenvalue weighted by Crippen LogP contribution is 2.22. The molecule has 0 saturated carbocycles. The largest absolute Gasteiger partial charge is 0.372 e. The third-order valence-electron chi connectivity index (χ3n) is 4.00. The van der Waals surface area contributed by atoms with Gasteiger partial charge in [-0.05, 0) is 40.3 Å². The normalized spacial score (nSPS) is 12.2. The summed E-state index contributed by atoms with van der Waals surface area (Å²) < 4.78 is 38.5. The number of halogens is 1. The Bertz CT molecular complexity index is 976. The van der Waals surface area contributed by atoms with Crippen LogP contribution in [0.2, 0.25) is 0 Å². The van der Waals surface area contributed by atoms with Gasteiger partial charge < -0.3 is 5.32 Å². The van der Waals surface area contributed by atoms with Gasteiger partial charge in [0.05, 0.1) is 16.9 Å². The van der Waals surface area contributed by atoms with E-state index in [0.717, 1.165) is 11.8 Å². The molecule has 0 radical (unpaired) electrons. The van der Waals surface area contributed by atoms with Crippen LogP contribution in [-0.2, 0) is 22.0 Å². The smallest absolute Gasteiger partial charge is 0.229 e. The van der Waals surface area contributed by atoms with E-state index in [1.54, 1.807) is 12.1 Å². The minimum atomic E-state index is -3.52. The summed E-state index contributed by atoms with van der Waals surface area (Å²) >= 11 is 5.28. The van der Waals surface area contributed by atoms with Gasteiger partial charge in [-0.2, -0.15) is 0 Å². The minimum absolute atomic E-state index is 0.0765. The molecule has 0 aliphatic carbocycles. The molecular formula is C21H25FN2O2S2. The second-order valence-electron chi connectivity index (χ2n) is 7.61. The van der Waals surface area contributed by atoms with Gasteiger partial charge in [-0.3, -0.25) is 4.72 Å². The summed E-state index contributed by atoms with van der Waals surface area (Å²) in [6, 6.07) is 12.6. The molecule has 28 heavy (non-hydrogen) atoms. The number of sulfonamides is 1. The first-order valence-corrected chi connectivity index (χ1v) is 11.1. The van der Waals surface area contributed by atoms with E-state index in [1.165, 1.54) is 17.7 Å². The summed E-state index contributed by atoms with van der Waals surface area (Å²) in [5.41, 5.74) is 3.00. The van der Waals surface area contributed by atoms with Gasteiger partial charge in [-0.15, -0.1) is 0 Å². The highest BCUT2D eigenvalue weighted by molar-refractivity contribution is 7.92. The first-order chi connectivity index (χ1) is 12.9. The average Bonchev–Trinajstić information content (AvgIpc) is 2.59. The van der Waals surface area contributed by atoms with E-state index in [-0.39, 0.29) is 11.1 Å². The SMILES string of the molecule is CC(C)(C)c1ccc(C=CC(=S)NCc2ccc(NS(C)(=O)=O)c(F)c2)cc1. The van der Waals surface area contributed by atoms with Crippen LogP contribution in [0.5, 0.6) is 0 Å². The molecule has 7 heteroatoms. The summed E-state index contributed by atoms with van der Waals surface area (Å²) in [6.45, 7) is 6.85. The van der Waals surface area contributed by atoms with Crippen molar-refractivity contribution in [3.05, 3.63) is 71.0 Å². The van der Waals surface area contributed by atoms with Crippen LogP contribution in [0, 0.1) is 5.82 Å². The number of hydrogen-bond donors (Lipinski definition) is 2. The lowest BCUT2D eigenvalue weighted by atomic mass is 9.87. The van der Waals surface area contributed by atoms with Crippen molar-refractivity contribution in [1.29, 1.82) is 0 Å². The first kappa shape index (κ1) is 22.0. The van der Waals surface area contributed by atoms with Gasteiger partial charge in [0.1, 0.15) is 5.82 Å². The van der Waals surface area contributed by atoms with Gasteiger partial charge in [0, 0.05) is 6.54 Å². The quantitative estimate of drug-likeness (QED) is 0.529. The number of nitrogens with one attached hydrogen (secondary N) is 2. The van der Waals surface area contributed by atoms with Crippen LogP contribution in [0.15, 0.2) is 48.5 Å². The van der Waals surface area contributed by atoms with E-state index in [0.29, 0.717) is 17.1 Å². The molecule has 0 bridgehead atoms. The van der Waals surface area contributed by atoms with Gasteiger partial charge >= 0.3 is 0 Å². The Balaban J connectivity index is 1.93. The maximum Gasteiger partial charge on any atom is 0.229 e. The lowest BCUT2D eigenvalue weighted by Gasteiger charge is -2.18. The maximum absolute atomic E-state index is 14.0. The molecule has 0 aliphatic rings. The predicted molar refractivity (Wildman–Crippen MR) is 118 cm³/mol. The van der Waals surface area contributed by atoms with Gasteiger partial charge in [0.2, 0.25) is 10.0 Å². The van der Waals surface area contributed by atoms with Gasteiger partial charge in [-0.1, -0.05) is 69.4 Å². The molecule has 0 fully saturated rings. The number of benzene rings is 2. The van der Waals surface area contributed by atoms with Crippen LogP contribution in [0.25, 0.3) is 6.08 Å². The Hall–Kier alpha value is -2.25. The van der Waals surface area contributed by atoms with Crippen LogP contribution in [0.1, 0.15) is 37.5 Å². The summed E-state index contributed by atoms with van der Waals surface area (Å²) in [5.74, 6) is -0.634. The van der Waals surface area contributed by atoms with E-state index >= 15 is 0 Å². The van der Waals surface area contributed by atoms with E-state index in [2.05, 4.69) is 42.9 Å². The number of hydrogen-bond acceptors (Lipinski definition) is 3. The molecule has 0 heterocycles. The molecule has 2 aromatic rings. The van der Waals surface area contributed by atoms with Crippen molar-refractivity contribution < 1.29 is 12.8 Å². The molecule has 0 amide bonds. The van der Waals surface area contributed by atoms with Crippen molar-refractivity contribution in [1.82, 2.24) is 5.32 Å². The average molecular weight is 421 g/mol. The fraction of sp³-hybridized carbons (Fsp3) is 0.286. The molecule has 0 saturated heterocycles. The van der Waals surface area contributed by atoms with Crippen molar-refractivity contribution in [2.75, 3.05) is 11.0 Å². The summed E-state index contributed by atoms with van der Waals surface area (Å²) in [6.07, 6.45) is 4.68. The van der Waals surface area contributed by atoms with E-state index in [9.17, 15) is 12.8 Å². The van der Waals surface area contributed by atoms with Crippen LogP contribution >= 0.6 is 12.2 Å². The summed E-state index contributed by atoms with van der Waals surface area (Å²) in [5, 5.41) is 3.04. The second kappa shape index (κ2) is 8.84. The monoisotopic (exact) mass is 420 g/mol. The predicted octanol–water partition coefficient (Wildman–Crippen LogP) is 4.63. The third-order valence-corrected chi connectivity index (χ3v) is 4.87. The summed E-state index contributed by atoms with van der Waals surface area (Å²) in [4.78, 5) is 0.527. The van der Waals surface area contributed by atoms with Crippen LogP contribution in [0.4, 0.5) is 10.1 Å². The van der Waals surface area contributed by atoms with Crippen molar-refractivity contribution in [3.63, 3.8) is 0 Å². The Morgan fingerprint density at radius 3 is 2.32 bits per heavy atom. The fourth-order valence-electron chi connectivity index (χ4n) is 2.47. The lowest BCUT2D eigenvalue weighted by molar-refractivity contribution is 0.590. The van der Waals surface area contributed by atoms with Gasteiger partial charge in [-0.25, -0.2) is 12.8 Å². The van der Waals surface area contributed by atoms with E-state index in [1.807, 2.05) is 18.2 Å². The van der Waals surface area contributed by atoms with Crippen molar-refractivity contribution in [2.24, 2.45) is 0 Å². The Morgan fingerprint density at radius 1 is 1.14 bits per heavy atom. The first-order valence-electron chi connectivity index (χ1n) is 8.77. The zero-order chi connectivity index (χ0) is 20.9. The molecule has 2 rings (SSSR count). The van der Waals surface area contributed by atoms with Crippen molar-refractivity contribution >= 4 is 39.0 Å². The molecule has 0 aliphatic heterocycles. The molecule has 4 nitrogen and oxygen atoms in total. The maximum atomic E-state index is 14.0. The Labute approximate surface area is 171 Å². The van der Waals surface area contributed by atoms with Crippen molar-refractivity contribution in [3.8, 4) is 0 Å². The molecular weight excluding hydrogens is 395 g/mol. The van der Waals surface area contributed by atoms with Gasteiger partial charge in [0.15, 0.2) is 0 Å². The fourth-order valence-corrected chi connectivity index (χ4v) is 3.17.